The van der Waals surface area contributed by atoms with E-state index in [-0.39, 0.29) is 11.1 Å². The molecule has 5 heteroatoms. The highest BCUT2D eigenvalue weighted by Gasteiger charge is 2.13. The molecule has 0 heterocycles. The van der Waals surface area contributed by atoms with Crippen molar-refractivity contribution in [1.29, 1.82) is 0 Å². The van der Waals surface area contributed by atoms with Crippen molar-refractivity contribution in [3.05, 3.63) is 69.8 Å². The lowest BCUT2D eigenvalue weighted by Gasteiger charge is -2.19. The summed E-state index contributed by atoms with van der Waals surface area (Å²) in [5.41, 5.74) is 6.70. The fraction of sp³-hybridized carbons (Fsp3) is 0.278. The highest BCUT2D eigenvalue weighted by atomic mass is 16.6. The van der Waals surface area contributed by atoms with E-state index in [1.807, 2.05) is 19.1 Å². The minimum atomic E-state index is -0.424. The molecule has 5 nitrogen and oxygen atoms in total. The van der Waals surface area contributed by atoms with Gasteiger partial charge in [0.1, 0.15) is 0 Å². The molecular weight excluding hydrogens is 290 g/mol. The molecule has 0 radical (unpaired) electrons. The summed E-state index contributed by atoms with van der Waals surface area (Å²) in [7, 11) is 0. The molecule has 0 aliphatic rings. The Morgan fingerprint density at radius 3 is 2.35 bits per heavy atom. The Balaban J connectivity index is 2.14. The van der Waals surface area contributed by atoms with Gasteiger partial charge in [0.15, 0.2) is 0 Å². The van der Waals surface area contributed by atoms with Crippen LogP contribution in [-0.2, 0) is 5.41 Å². The first-order chi connectivity index (χ1) is 10.8. The molecule has 1 N–H and O–H groups in total. The van der Waals surface area contributed by atoms with E-state index in [0.717, 1.165) is 11.3 Å². The average molecular weight is 311 g/mol. The summed E-state index contributed by atoms with van der Waals surface area (Å²) < 4.78 is 0. The molecule has 2 rings (SSSR count). The zero-order chi connectivity index (χ0) is 17.0. The van der Waals surface area contributed by atoms with Gasteiger partial charge in [-0.25, -0.2) is 0 Å². The van der Waals surface area contributed by atoms with Gasteiger partial charge in [-0.15, -0.1) is 0 Å². The second kappa shape index (κ2) is 6.60. The van der Waals surface area contributed by atoms with E-state index in [2.05, 4.69) is 43.4 Å². The Morgan fingerprint density at radius 1 is 1.13 bits per heavy atom. The molecule has 120 valence electrons. The molecule has 2 aromatic carbocycles. The lowest BCUT2D eigenvalue weighted by Crippen LogP contribution is -2.11. The Bertz CT molecular complexity index is 729. The molecule has 2 aromatic rings. The predicted octanol–water partition coefficient (Wildman–Crippen LogP) is 4.73. The predicted molar refractivity (Wildman–Crippen MR) is 94.1 cm³/mol. The van der Waals surface area contributed by atoms with E-state index in [9.17, 15) is 10.1 Å². The van der Waals surface area contributed by atoms with Crippen LogP contribution < -0.4 is 5.43 Å². The van der Waals surface area contributed by atoms with Gasteiger partial charge >= 0.3 is 0 Å². The number of anilines is 1. The number of nitro benzene ring substituents is 1. The van der Waals surface area contributed by atoms with Crippen LogP contribution in [-0.4, -0.2) is 10.6 Å². The molecule has 0 amide bonds. The molecule has 0 spiro atoms. The van der Waals surface area contributed by atoms with E-state index in [1.165, 1.54) is 17.7 Å². The quantitative estimate of drug-likeness (QED) is 0.504. The monoisotopic (exact) mass is 311 g/mol. The number of nitrogens with one attached hydrogen (secondary N) is 1. The van der Waals surface area contributed by atoms with Gasteiger partial charge in [0.2, 0.25) is 0 Å². The zero-order valence-electron chi connectivity index (χ0n) is 13.8. The van der Waals surface area contributed by atoms with Gasteiger partial charge in [0.25, 0.3) is 5.69 Å². The summed E-state index contributed by atoms with van der Waals surface area (Å²) >= 11 is 0. The minimum absolute atomic E-state index is 0.0392. The minimum Gasteiger partial charge on any atom is -0.278 e. The molecule has 0 saturated heterocycles. The molecule has 0 atom stereocenters. The molecule has 0 bridgehead atoms. The van der Waals surface area contributed by atoms with Crippen LogP contribution in [0.4, 0.5) is 11.4 Å². The second-order valence-corrected chi connectivity index (χ2v) is 6.44. The van der Waals surface area contributed by atoms with Crippen LogP contribution in [0.25, 0.3) is 0 Å². The smallest absolute Gasteiger partial charge is 0.271 e. The van der Waals surface area contributed by atoms with E-state index in [4.69, 9.17) is 0 Å². The van der Waals surface area contributed by atoms with Crippen LogP contribution in [0.15, 0.2) is 53.6 Å². The average Bonchev–Trinajstić information content (AvgIpc) is 2.52. The first kappa shape index (κ1) is 16.7. The van der Waals surface area contributed by atoms with Crippen LogP contribution in [0.1, 0.15) is 38.8 Å². The molecule has 0 aromatic heterocycles. The van der Waals surface area contributed by atoms with Crippen molar-refractivity contribution in [2.24, 2.45) is 5.10 Å². The maximum Gasteiger partial charge on any atom is 0.271 e. The van der Waals surface area contributed by atoms with Crippen LogP contribution in [0, 0.1) is 10.1 Å². The SMILES string of the molecule is CC(=NNc1cccc([N+](=O)[O-])c1)c1ccc(C(C)(C)C)cc1. The standard InChI is InChI=1S/C18H21N3O2/c1-13(14-8-10-15(11-9-14)18(2,3)4)19-20-16-6-5-7-17(12-16)21(22)23/h5-12,20H,1-4H3. The molecule has 0 aliphatic heterocycles. The van der Waals surface area contributed by atoms with Crippen molar-refractivity contribution in [2.45, 2.75) is 33.1 Å². The Hall–Kier alpha value is -2.69. The number of non-ortho nitro benzene ring substituents is 1. The van der Waals surface area contributed by atoms with Gasteiger partial charge in [0, 0.05) is 12.1 Å². The Morgan fingerprint density at radius 2 is 1.78 bits per heavy atom. The topological polar surface area (TPSA) is 67.5 Å². The number of hydrogen-bond donors (Lipinski definition) is 1. The summed E-state index contributed by atoms with van der Waals surface area (Å²) in [6, 6.07) is 14.6. The summed E-state index contributed by atoms with van der Waals surface area (Å²) in [6.45, 7) is 8.42. The van der Waals surface area contributed by atoms with Crippen molar-refractivity contribution in [2.75, 3.05) is 5.43 Å². The maximum absolute atomic E-state index is 10.8. The number of hydrazone groups is 1. The third-order valence-corrected chi connectivity index (χ3v) is 3.58. The van der Waals surface area contributed by atoms with E-state index >= 15 is 0 Å². The summed E-state index contributed by atoms with van der Waals surface area (Å²) in [4.78, 5) is 10.3. The van der Waals surface area contributed by atoms with Crippen LogP contribution in [0.3, 0.4) is 0 Å². The lowest BCUT2D eigenvalue weighted by atomic mass is 9.86. The van der Waals surface area contributed by atoms with Crippen LogP contribution in [0.2, 0.25) is 0 Å². The summed E-state index contributed by atoms with van der Waals surface area (Å²) in [6.07, 6.45) is 0. The third kappa shape index (κ3) is 4.39. The molecule has 0 unspecified atom stereocenters. The van der Waals surface area contributed by atoms with Gasteiger partial charge < -0.3 is 0 Å². The number of benzene rings is 2. The Labute approximate surface area is 136 Å². The largest absolute Gasteiger partial charge is 0.278 e. The lowest BCUT2D eigenvalue weighted by molar-refractivity contribution is -0.384. The fourth-order valence-corrected chi connectivity index (χ4v) is 2.11. The number of nitro groups is 1. The van der Waals surface area contributed by atoms with Crippen LogP contribution >= 0.6 is 0 Å². The molecular formula is C18H21N3O2. The highest BCUT2D eigenvalue weighted by molar-refractivity contribution is 5.99. The zero-order valence-corrected chi connectivity index (χ0v) is 13.8. The van der Waals surface area contributed by atoms with Crippen molar-refractivity contribution in [1.82, 2.24) is 0 Å². The van der Waals surface area contributed by atoms with Crippen molar-refractivity contribution < 1.29 is 4.92 Å². The van der Waals surface area contributed by atoms with Gasteiger partial charge in [-0.3, -0.25) is 15.5 Å². The summed E-state index contributed by atoms with van der Waals surface area (Å²) in [5, 5.41) is 15.1. The van der Waals surface area contributed by atoms with Gasteiger partial charge in [-0.1, -0.05) is 51.1 Å². The van der Waals surface area contributed by atoms with E-state index in [1.54, 1.807) is 12.1 Å². The van der Waals surface area contributed by atoms with Gasteiger partial charge in [-0.05, 0) is 29.5 Å². The molecule has 0 saturated carbocycles. The van der Waals surface area contributed by atoms with Gasteiger partial charge in [-0.2, -0.15) is 5.10 Å². The number of nitrogens with zero attached hydrogens (tertiary/aromatic N) is 2. The molecule has 0 aliphatic carbocycles. The number of hydrogen-bond acceptors (Lipinski definition) is 4. The summed E-state index contributed by atoms with van der Waals surface area (Å²) in [5.74, 6) is 0. The highest BCUT2D eigenvalue weighted by Crippen LogP contribution is 2.22. The third-order valence-electron chi connectivity index (χ3n) is 3.58. The molecule has 0 fully saturated rings. The normalized spacial score (nSPS) is 12.1. The van der Waals surface area contributed by atoms with E-state index in [0.29, 0.717) is 5.69 Å². The van der Waals surface area contributed by atoms with E-state index < -0.39 is 4.92 Å². The maximum atomic E-state index is 10.8. The second-order valence-electron chi connectivity index (χ2n) is 6.44. The van der Waals surface area contributed by atoms with Crippen LogP contribution in [0.5, 0.6) is 0 Å². The first-order valence-electron chi connectivity index (χ1n) is 7.43. The number of rotatable bonds is 4. The van der Waals surface area contributed by atoms with Crippen molar-refractivity contribution >= 4 is 17.1 Å². The first-order valence-corrected chi connectivity index (χ1v) is 7.43. The van der Waals surface area contributed by atoms with Gasteiger partial charge in [0.05, 0.1) is 16.3 Å². The molecule has 23 heavy (non-hydrogen) atoms. The van der Waals surface area contributed by atoms with Crippen molar-refractivity contribution in [3.63, 3.8) is 0 Å². The Kier molecular flexibility index (Phi) is 4.79. The van der Waals surface area contributed by atoms with Crippen molar-refractivity contribution in [3.8, 4) is 0 Å². The fourth-order valence-electron chi connectivity index (χ4n) is 2.11.